The number of aromatic nitrogens is 3. The Bertz CT molecular complexity index is 190. The molecule has 9 heavy (non-hydrogen) atoms. The van der Waals surface area contributed by atoms with Crippen LogP contribution in [-0.4, -0.2) is 15.0 Å². The minimum absolute atomic E-state index is 0.367. The fourth-order valence-corrected chi connectivity index (χ4v) is 0.558. The van der Waals surface area contributed by atoms with E-state index >= 15 is 0 Å². The van der Waals surface area contributed by atoms with Crippen LogP contribution in [0.5, 0.6) is 0 Å². The molecule has 1 aromatic heterocycles. The molecule has 0 aliphatic heterocycles. The molecule has 0 aromatic carbocycles. The van der Waals surface area contributed by atoms with Crippen molar-refractivity contribution in [3.8, 4) is 0 Å². The van der Waals surface area contributed by atoms with Crippen molar-refractivity contribution in [3.63, 3.8) is 0 Å². The van der Waals surface area contributed by atoms with Crippen molar-refractivity contribution in [1.29, 1.82) is 0 Å². The largest absolute Gasteiger partial charge is 0.240 e. The van der Waals surface area contributed by atoms with Gasteiger partial charge in [0.05, 0.1) is 5.69 Å². The lowest BCUT2D eigenvalue weighted by Crippen LogP contribution is -2.00. The molecule has 1 aromatic rings. The summed E-state index contributed by atoms with van der Waals surface area (Å²) < 4.78 is 1.72. The van der Waals surface area contributed by atoms with Gasteiger partial charge in [0.2, 0.25) is 0 Å². The van der Waals surface area contributed by atoms with Gasteiger partial charge in [-0.3, -0.25) is 0 Å². The van der Waals surface area contributed by atoms with E-state index in [0.29, 0.717) is 6.04 Å². The van der Waals surface area contributed by atoms with E-state index < -0.39 is 0 Å². The summed E-state index contributed by atoms with van der Waals surface area (Å²) in [5.74, 6) is 0. The number of aryl methyl sites for hydroxylation is 1. The minimum Gasteiger partial charge on any atom is -0.240 e. The third kappa shape index (κ3) is 1.28. The summed E-state index contributed by atoms with van der Waals surface area (Å²) in [7, 11) is 0. The molecule has 1 rings (SSSR count). The molecular weight excluding hydrogens is 114 g/mol. The summed E-state index contributed by atoms with van der Waals surface area (Å²) in [5.41, 5.74) is 0.851. The highest BCUT2D eigenvalue weighted by atomic mass is 15.4. The van der Waals surface area contributed by atoms with E-state index in [2.05, 4.69) is 16.5 Å². The lowest BCUT2D eigenvalue weighted by atomic mass is 10.4. The number of hydrogen-bond acceptors (Lipinski definition) is 2. The molecule has 3 nitrogen and oxygen atoms in total. The highest BCUT2D eigenvalue weighted by Gasteiger charge is 1.98. The molecular formula is C6H10N3. The maximum absolute atomic E-state index is 3.83. The van der Waals surface area contributed by atoms with Gasteiger partial charge in [0.1, 0.15) is 6.20 Å². The molecule has 0 aliphatic rings. The number of nitrogens with zero attached hydrogens (tertiary/aromatic N) is 3. The molecule has 1 heterocycles. The monoisotopic (exact) mass is 124 g/mol. The van der Waals surface area contributed by atoms with Crippen LogP contribution in [0.3, 0.4) is 0 Å². The van der Waals surface area contributed by atoms with E-state index in [9.17, 15) is 0 Å². The Balaban J connectivity index is 2.85. The first-order valence-corrected chi connectivity index (χ1v) is 3.01. The Hall–Kier alpha value is -0.860. The molecule has 0 spiro atoms. The predicted molar refractivity (Wildman–Crippen MR) is 34.0 cm³/mol. The second-order valence-electron chi connectivity index (χ2n) is 2.32. The fourth-order valence-electron chi connectivity index (χ4n) is 0.558. The average molecular weight is 124 g/mol. The topological polar surface area (TPSA) is 30.7 Å². The number of rotatable bonds is 1. The standard InChI is InChI=1S/C6H10N3/c1-5(2)9-4-6(3)7-8-9/h5H,1-3H3. The molecule has 1 radical (unpaired) electrons. The Morgan fingerprint density at radius 2 is 2.22 bits per heavy atom. The maximum atomic E-state index is 3.83. The van der Waals surface area contributed by atoms with Gasteiger partial charge in [-0.05, 0) is 20.8 Å². The predicted octanol–water partition coefficient (Wildman–Crippen LogP) is 0.968. The van der Waals surface area contributed by atoms with Crippen LogP contribution in [0.15, 0.2) is 0 Å². The Morgan fingerprint density at radius 3 is 2.44 bits per heavy atom. The molecule has 0 fully saturated rings. The maximum Gasteiger partial charge on any atom is 0.112 e. The smallest absolute Gasteiger partial charge is 0.112 e. The summed E-state index contributed by atoms with van der Waals surface area (Å²) >= 11 is 0. The highest BCUT2D eigenvalue weighted by molar-refractivity contribution is 4.84. The van der Waals surface area contributed by atoms with Gasteiger partial charge in [0.25, 0.3) is 0 Å². The van der Waals surface area contributed by atoms with Crippen molar-refractivity contribution in [1.82, 2.24) is 15.0 Å². The lowest BCUT2D eigenvalue weighted by molar-refractivity contribution is 0.511. The molecule has 0 saturated heterocycles. The zero-order chi connectivity index (χ0) is 6.85. The van der Waals surface area contributed by atoms with E-state index in [1.54, 1.807) is 4.68 Å². The van der Waals surface area contributed by atoms with Gasteiger partial charge in [-0.25, -0.2) is 4.68 Å². The summed E-state index contributed by atoms with van der Waals surface area (Å²) in [5, 5.41) is 7.62. The van der Waals surface area contributed by atoms with E-state index in [4.69, 9.17) is 0 Å². The van der Waals surface area contributed by atoms with Gasteiger partial charge in [-0.15, -0.1) is 5.10 Å². The average Bonchev–Trinajstić information content (AvgIpc) is 2.14. The molecule has 3 heteroatoms. The van der Waals surface area contributed by atoms with E-state index in [0.717, 1.165) is 5.69 Å². The fraction of sp³-hybridized carbons (Fsp3) is 0.667. The molecule has 0 saturated carbocycles. The van der Waals surface area contributed by atoms with Crippen molar-refractivity contribution >= 4 is 0 Å². The lowest BCUT2D eigenvalue weighted by Gasteiger charge is -1.99. The first-order valence-electron chi connectivity index (χ1n) is 3.01. The Morgan fingerprint density at radius 1 is 1.56 bits per heavy atom. The zero-order valence-corrected chi connectivity index (χ0v) is 5.92. The van der Waals surface area contributed by atoms with Crippen molar-refractivity contribution in [2.24, 2.45) is 0 Å². The molecule has 0 N–H and O–H groups in total. The Labute approximate surface area is 54.7 Å². The highest BCUT2D eigenvalue weighted by Crippen LogP contribution is 1.99. The van der Waals surface area contributed by atoms with Crippen LogP contribution in [0, 0.1) is 13.1 Å². The van der Waals surface area contributed by atoms with Crippen molar-refractivity contribution in [2.75, 3.05) is 0 Å². The van der Waals surface area contributed by atoms with Crippen molar-refractivity contribution in [3.05, 3.63) is 11.9 Å². The first-order chi connectivity index (χ1) is 4.20. The summed E-state index contributed by atoms with van der Waals surface area (Å²) in [6.07, 6.45) is 2.97. The third-order valence-electron chi connectivity index (χ3n) is 1.06. The van der Waals surface area contributed by atoms with Crippen LogP contribution in [0.2, 0.25) is 0 Å². The van der Waals surface area contributed by atoms with Crippen LogP contribution >= 0.6 is 0 Å². The van der Waals surface area contributed by atoms with Gasteiger partial charge in [-0.1, -0.05) is 5.21 Å². The number of hydrogen-bond donors (Lipinski definition) is 0. The quantitative estimate of drug-likeness (QED) is 0.558. The second-order valence-corrected chi connectivity index (χ2v) is 2.32. The van der Waals surface area contributed by atoms with E-state index in [1.165, 1.54) is 0 Å². The first kappa shape index (κ1) is 6.26. The molecule has 0 unspecified atom stereocenters. The third-order valence-corrected chi connectivity index (χ3v) is 1.06. The molecule has 49 valence electrons. The molecule has 0 amide bonds. The second kappa shape index (κ2) is 2.17. The summed E-state index contributed by atoms with van der Waals surface area (Å²) in [6, 6.07) is 0.367. The van der Waals surface area contributed by atoms with Gasteiger partial charge >= 0.3 is 0 Å². The van der Waals surface area contributed by atoms with Gasteiger partial charge in [-0.2, -0.15) is 0 Å². The van der Waals surface area contributed by atoms with Crippen LogP contribution in [0.4, 0.5) is 0 Å². The van der Waals surface area contributed by atoms with Gasteiger partial charge in [0.15, 0.2) is 0 Å². The van der Waals surface area contributed by atoms with Crippen LogP contribution in [-0.2, 0) is 0 Å². The summed E-state index contributed by atoms with van der Waals surface area (Å²) in [6.45, 7) is 5.97. The molecule has 0 bridgehead atoms. The van der Waals surface area contributed by atoms with Crippen molar-refractivity contribution in [2.45, 2.75) is 26.8 Å². The SMILES string of the molecule is Cc1[c]n(C(C)C)nn1. The van der Waals surface area contributed by atoms with Gasteiger partial charge in [0, 0.05) is 6.04 Å². The van der Waals surface area contributed by atoms with Crippen LogP contribution in [0.25, 0.3) is 0 Å². The van der Waals surface area contributed by atoms with E-state index in [1.807, 2.05) is 20.8 Å². The zero-order valence-electron chi connectivity index (χ0n) is 5.92. The van der Waals surface area contributed by atoms with E-state index in [-0.39, 0.29) is 0 Å². The van der Waals surface area contributed by atoms with Crippen LogP contribution in [0.1, 0.15) is 25.6 Å². The molecule has 0 atom stereocenters. The summed E-state index contributed by atoms with van der Waals surface area (Å²) in [4.78, 5) is 0. The molecule has 0 aliphatic carbocycles. The van der Waals surface area contributed by atoms with Gasteiger partial charge < -0.3 is 0 Å². The van der Waals surface area contributed by atoms with Crippen LogP contribution < -0.4 is 0 Å². The van der Waals surface area contributed by atoms with Crippen molar-refractivity contribution < 1.29 is 0 Å². The Kier molecular flexibility index (Phi) is 1.51. The normalized spacial score (nSPS) is 10.7. The minimum atomic E-state index is 0.367.